The summed E-state index contributed by atoms with van der Waals surface area (Å²) >= 11 is 3.55. The second-order valence-corrected chi connectivity index (χ2v) is 10.3. The minimum atomic E-state index is -1.02. The van der Waals surface area contributed by atoms with Crippen molar-refractivity contribution in [1.29, 1.82) is 0 Å². The molecule has 2 atom stereocenters. The van der Waals surface area contributed by atoms with Crippen LogP contribution in [0.2, 0.25) is 0 Å². The summed E-state index contributed by atoms with van der Waals surface area (Å²) in [5, 5.41) is 7.81. The number of halogens is 1. The molecule has 3 aromatic carbocycles. The van der Waals surface area contributed by atoms with Gasteiger partial charge in [0.2, 0.25) is 5.91 Å². The van der Waals surface area contributed by atoms with E-state index in [1.165, 1.54) is 0 Å². The van der Waals surface area contributed by atoms with Gasteiger partial charge in [-0.05, 0) is 61.0 Å². The topological polar surface area (TPSA) is 89.1 Å². The van der Waals surface area contributed by atoms with E-state index in [1.54, 1.807) is 19.1 Å². The Morgan fingerprint density at radius 3 is 2.81 bits per heavy atom. The van der Waals surface area contributed by atoms with Gasteiger partial charge in [-0.1, -0.05) is 40.2 Å². The monoisotopic (exact) mass is 567 g/mol. The molecule has 5 rings (SSSR count). The van der Waals surface area contributed by atoms with Gasteiger partial charge < -0.3 is 29.7 Å². The smallest absolute Gasteiger partial charge is 0.254 e. The van der Waals surface area contributed by atoms with Crippen LogP contribution in [0, 0.1) is 0 Å². The third-order valence-corrected chi connectivity index (χ3v) is 7.47. The van der Waals surface area contributed by atoms with Crippen LogP contribution in [0.5, 0.6) is 11.5 Å². The molecule has 9 heteroatoms. The maximum absolute atomic E-state index is 14.4. The van der Waals surface area contributed by atoms with E-state index in [4.69, 9.17) is 14.2 Å². The van der Waals surface area contributed by atoms with Crippen LogP contribution in [0.25, 0.3) is 10.8 Å². The molecule has 2 amide bonds. The van der Waals surface area contributed by atoms with Crippen molar-refractivity contribution in [1.82, 2.24) is 10.6 Å². The predicted molar refractivity (Wildman–Crippen MR) is 145 cm³/mol. The normalized spacial score (nSPS) is 21.3. The summed E-state index contributed by atoms with van der Waals surface area (Å²) in [6.07, 6.45) is 1.30. The number of para-hydroxylation sites is 2. The van der Waals surface area contributed by atoms with Gasteiger partial charge in [0.05, 0.1) is 32.5 Å². The molecule has 2 heterocycles. The number of hydrogen-bond acceptors (Lipinski definition) is 6. The number of nitrogens with zero attached hydrogens (tertiary/aromatic N) is 1. The van der Waals surface area contributed by atoms with Crippen molar-refractivity contribution in [2.45, 2.75) is 31.0 Å². The summed E-state index contributed by atoms with van der Waals surface area (Å²) < 4.78 is 19.1. The molecule has 8 nitrogen and oxygen atoms in total. The molecule has 1 saturated heterocycles. The first kappa shape index (κ1) is 25.5. The molecule has 1 spiro atoms. The molecule has 2 aliphatic heterocycles. The number of hydrogen-bond donors (Lipinski definition) is 2. The predicted octanol–water partition coefficient (Wildman–Crippen LogP) is 3.79. The number of rotatable bonds is 6. The Morgan fingerprint density at radius 2 is 2.05 bits per heavy atom. The van der Waals surface area contributed by atoms with Crippen molar-refractivity contribution in [2.24, 2.45) is 0 Å². The highest BCUT2D eigenvalue weighted by Gasteiger charge is 2.52. The van der Waals surface area contributed by atoms with Crippen LogP contribution in [0.1, 0.15) is 18.4 Å². The lowest BCUT2D eigenvalue weighted by molar-refractivity contribution is -0.140. The molecule has 1 fully saturated rings. The molecule has 3 aromatic rings. The van der Waals surface area contributed by atoms with E-state index in [0.29, 0.717) is 30.2 Å². The van der Waals surface area contributed by atoms with Crippen LogP contribution in [0.3, 0.4) is 0 Å². The first-order valence-electron chi connectivity index (χ1n) is 12.3. The van der Waals surface area contributed by atoms with Crippen molar-refractivity contribution in [2.75, 3.05) is 38.8 Å². The zero-order chi connectivity index (χ0) is 26.0. The number of fused-ring (bicyclic) bond motifs is 2. The molecule has 37 heavy (non-hydrogen) atoms. The van der Waals surface area contributed by atoms with Gasteiger partial charge >= 0.3 is 0 Å². The van der Waals surface area contributed by atoms with Gasteiger partial charge in [0.15, 0.2) is 11.6 Å². The van der Waals surface area contributed by atoms with Crippen molar-refractivity contribution < 1.29 is 23.8 Å². The summed E-state index contributed by atoms with van der Waals surface area (Å²) in [6, 6.07) is 16.5. The number of anilines is 1. The highest BCUT2D eigenvalue weighted by atomic mass is 79.9. The van der Waals surface area contributed by atoms with Crippen LogP contribution in [-0.4, -0.2) is 57.4 Å². The highest BCUT2D eigenvalue weighted by Crippen LogP contribution is 2.42. The van der Waals surface area contributed by atoms with Crippen LogP contribution in [0.15, 0.2) is 59.1 Å². The maximum Gasteiger partial charge on any atom is 0.254 e. The quantitative estimate of drug-likeness (QED) is 0.471. The molecule has 2 aliphatic rings. The van der Waals surface area contributed by atoms with Crippen LogP contribution < -0.4 is 25.0 Å². The van der Waals surface area contributed by atoms with Gasteiger partial charge in [0, 0.05) is 16.6 Å². The Bertz CT molecular complexity index is 1320. The molecular weight excluding hydrogens is 538 g/mol. The van der Waals surface area contributed by atoms with Crippen LogP contribution in [0.4, 0.5) is 5.69 Å². The number of nitrogens with one attached hydrogen (secondary N) is 2. The molecule has 0 aliphatic carbocycles. The highest BCUT2D eigenvalue weighted by molar-refractivity contribution is 9.10. The molecular formula is C28H30BrN3O5. The Hall–Kier alpha value is -3.14. The number of ether oxygens (including phenoxy) is 3. The third-order valence-electron chi connectivity index (χ3n) is 6.97. The Kier molecular flexibility index (Phi) is 7.37. The number of likely N-dealkylation sites (N-methyl/N-ethyl adjacent to an activating group) is 1. The van der Waals surface area contributed by atoms with Crippen LogP contribution >= 0.6 is 15.9 Å². The molecule has 0 bridgehead atoms. The van der Waals surface area contributed by atoms with E-state index in [2.05, 4.69) is 26.6 Å². The zero-order valence-corrected chi connectivity index (χ0v) is 22.5. The number of amides is 2. The van der Waals surface area contributed by atoms with E-state index in [-0.39, 0.29) is 31.5 Å². The summed E-state index contributed by atoms with van der Waals surface area (Å²) in [4.78, 5) is 28.9. The zero-order valence-electron chi connectivity index (χ0n) is 20.9. The summed E-state index contributed by atoms with van der Waals surface area (Å²) in [5.41, 5.74) is 0.489. The lowest BCUT2D eigenvalue weighted by Gasteiger charge is -2.41. The molecule has 2 N–H and O–H groups in total. The van der Waals surface area contributed by atoms with E-state index in [0.717, 1.165) is 27.2 Å². The van der Waals surface area contributed by atoms with E-state index >= 15 is 0 Å². The van der Waals surface area contributed by atoms with E-state index in [9.17, 15) is 9.59 Å². The number of carbonyl (C=O) groups is 2. The minimum Gasteiger partial charge on any atom is -0.496 e. The van der Waals surface area contributed by atoms with Crippen molar-refractivity contribution in [3.63, 3.8) is 0 Å². The molecule has 0 aromatic heterocycles. The first-order valence-corrected chi connectivity index (χ1v) is 13.1. The number of benzene rings is 3. The summed E-state index contributed by atoms with van der Waals surface area (Å²) in [7, 11) is 3.32. The van der Waals surface area contributed by atoms with Crippen molar-refractivity contribution in [3.8, 4) is 11.5 Å². The van der Waals surface area contributed by atoms with Crippen LogP contribution in [-0.2, 0) is 20.9 Å². The lowest BCUT2D eigenvalue weighted by atomic mass is 9.87. The Labute approximate surface area is 224 Å². The third kappa shape index (κ3) is 4.91. The molecule has 0 radical (unpaired) electrons. The van der Waals surface area contributed by atoms with E-state index < -0.39 is 11.6 Å². The Balaban J connectivity index is 1.64. The van der Waals surface area contributed by atoms with Crippen molar-refractivity contribution >= 4 is 44.2 Å². The largest absolute Gasteiger partial charge is 0.496 e. The number of methoxy groups -OCH3 is 1. The average Bonchev–Trinajstić information content (AvgIpc) is 2.98. The fourth-order valence-electron chi connectivity index (χ4n) is 5.23. The average molecular weight is 568 g/mol. The second-order valence-electron chi connectivity index (χ2n) is 9.36. The summed E-state index contributed by atoms with van der Waals surface area (Å²) in [5.74, 6) is 0.717. The second kappa shape index (κ2) is 10.7. The van der Waals surface area contributed by atoms with Crippen molar-refractivity contribution in [3.05, 3.63) is 64.6 Å². The first-order chi connectivity index (χ1) is 18.0. The number of carbonyl (C=O) groups excluding carboxylic acids is 2. The molecule has 194 valence electrons. The maximum atomic E-state index is 14.4. The molecule has 0 saturated carbocycles. The fraction of sp³-hybridized carbons (Fsp3) is 0.357. The molecule has 2 unspecified atom stereocenters. The van der Waals surface area contributed by atoms with Gasteiger partial charge in [-0.2, -0.15) is 0 Å². The Morgan fingerprint density at radius 1 is 1.22 bits per heavy atom. The van der Waals surface area contributed by atoms with Gasteiger partial charge in [0.25, 0.3) is 5.91 Å². The standard InChI is InChI=1S/C28H30BrN3O5/c1-30-15-25(33)31-26-27(34)32(16-21-20-10-9-19(29)14-18(20)8-11-23(21)35-2)22-6-3-4-7-24(22)37-28(26)12-5-13-36-17-28/h3-4,6-11,14,26,30H,5,12-13,15-17H2,1-2H3,(H,31,33). The minimum absolute atomic E-state index is 0.0830. The lowest BCUT2D eigenvalue weighted by Crippen LogP contribution is -2.65. The SMILES string of the molecule is CNCC(=O)NC1C(=O)N(Cc2c(OC)ccc3cc(Br)ccc23)c2ccccc2OC12CCCOC2. The summed E-state index contributed by atoms with van der Waals surface area (Å²) in [6.45, 7) is 1.11. The van der Waals surface area contributed by atoms with Gasteiger partial charge in [-0.3, -0.25) is 9.59 Å². The van der Waals surface area contributed by atoms with Gasteiger partial charge in [0.1, 0.15) is 11.5 Å². The van der Waals surface area contributed by atoms with Gasteiger partial charge in [-0.15, -0.1) is 0 Å². The van der Waals surface area contributed by atoms with Gasteiger partial charge in [-0.25, -0.2) is 0 Å². The fourth-order valence-corrected chi connectivity index (χ4v) is 5.61. The van der Waals surface area contributed by atoms with E-state index in [1.807, 2.05) is 54.6 Å².